The van der Waals surface area contributed by atoms with Gasteiger partial charge in [-0.2, -0.15) is 0 Å². The maximum absolute atomic E-state index is 12.1. The summed E-state index contributed by atoms with van der Waals surface area (Å²) in [6, 6.07) is 8.56. The molecule has 0 radical (unpaired) electrons. The van der Waals surface area contributed by atoms with Crippen molar-refractivity contribution in [2.75, 3.05) is 19.3 Å². The number of sulfonamides is 1. The van der Waals surface area contributed by atoms with Crippen LogP contribution in [0.4, 0.5) is 0 Å². The summed E-state index contributed by atoms with van der Waals surface area (Å²) in [7, 11) is -3.17. The van der Waals surface area contributed by atoms with Gasteiger partial charge in [-0.15, -0.1) is 0 Å². The van der Waals surface area contributed by atoms with Crippen LogP contribution in [0.3, 0.4) is 0 Å². The van der Waals surface area contributed by atoms with Gasteiger partial charge in [0.05, 0.1) is 36.6 Å². The van der Waals surface area contributed by atoms with E-state index in [1.165, 1.54) is 17.4 Å². The Hall–Kier alpha value is -1.70. The normalized spacial score (nSPS) is 39.0. The van der Waals surface area contributed by atoms with Crippen LogP contribution in [0.15, 0.2) is 36.8 Å². The molecule has 2 bridgehead atoms. The van der Waals surface area contributed by atoms with E-state index in [4.69, 9.17) is 0 Å². The van der Waals surface area contributed by atoms with Gasteiger partial charge in [0.15, 0.2) is 0 Å². The Morgan fingerprint density at radius 3 is 2.57 bits per heavy atom. The molecule has 5 atom stereocenters. The van der Waals surface area contributed by atoms with E-state index in [1.54, 1.807) is 4.31 Å². The summed E-state index contributed by atoms with van der Waals surface area (Å²) in [5.41, 5.74) is 3.51. The van der Waals surface area contributed by atoms with Crippen LogP contribution in [0.5, 0.6) is 0 Å². The zero-order valence-electron chi connectivity index (χ0n) is 15.9. The van der Waals surface area contributed by atoms with E-state index >= 15 is 0 Å². The third kappa shape index (κ3) is 2.00. The Morgan fingerprint density at radius 2 is 1.89 bits per heavy atom. The monoisotopic (exact) mass is 399 g/mol. The van der Waals surface area contributed by atoms with Crippen LogP contribution in [0.25, 0.3) is 11.3 Å². The van der Waals surface area contributed by atoms with Gasteiger partial charge in [-0.1, -0.05) is 24.3 Å². The second-order valence-electron chi connectivity index (χ2n) is 9.19. The first-order valence-corrected chi connectivity index (χ1v) is 12.0. The molecule has 2 aliphatic heterocycles. The smallest absolute Gasteiger partial charge is 0.211 e. The number of hydrogen-bond acceptors (Lipinski definition) is 4. The molecule has 0 amide bonds. The summed E-state index contributed by atoms with van der Waals surface area (Å²) >= 11 is 0. The average molecular weight is 400 g/mol. The zero-order chi connectivity index (χ0) is 19.3. The molecule has 6 nitrogen and oxygen atoms in total. The van der Waals surface area contributed by atoms with Crippen molar-refractivity contribution in [3.05, 3.63) is 42.4 Å². The highest BCUT2D eigenvalue weighted by atomic mass is 32.2. The molecule has 2 aliphatic carbocycles. The zero-order valence-corrected chi connectivity index (χ0v) is 16.7. The van der Waals surface area contributed by atoms with Crippen LogP contribution in [0.2, 0.25) is 0 Å². The Morgan fingerprint density at radius 1 is 1.18 bits per heavy atom. The van der Waals surface area contributed by atoms with E-state index < -0.39 is 16.1 Å². The van der Waals surface area contributed by atoms with Crippen LogP contribution >= 0.6 is 0 Å². The molecule has 1 N–H and O–H groups in total. The lowest BCUT2D eigenvalue weighted by Gasteiger charge is -2.61. The minimum Gasteiger partial charge on any atom is -0.392 e. The predicted molar refractivity (Wildman–Crippen MR) is 105 cm³/mol. The Balaban J connectivity index is 1.33. The molecule has 6 rings (SSSR count). The van der Waals surface area contributed by atoms with Crippen molar-refractivity contribution in [3.8, 4) is 11.3 Å². The summed E-state index contributed by atoms with van der Waals surface area (Å²) in [5, 5.41) is 11.5. The van der Waals surface area contributed by atoms with Gasteiger partial charge in [0.25, 0.3) is 0 Å². The molecule has 3 heterocycles. The highest BCUT2D eigenvalue weighted by Crippen LogP contribution is 2.67. The molecule has 1 spiro atoms. The third-order valence-electron chi connectivity index (χ3n) is 8.17. The summed E-state index contributed by atoms with van der Waals surface area (Å²) in [6.07, 6.45) is 7.74. The molecule has 7 heteroatoms. The van der Waals surface area contributed by atoms with Gasteiger partial charge in [-0.25, -0.2) is 17.7 Å². The SMILES string of the molecule is CS(=O)(=O)N1CC2CCC(C1)C21C[C@H]([C@@H]2c3ccccc3-c3cncn32)[C@H]1O. The number of aliphatic hydroxyl groups excluding tert-OH is 1. The fourth-order valence-corrected chi connectivity index (χ4v) is 7.82. The molecular formula is C21H25N3O3S. The number of nitrogens with zero attached hydrogens (tertiary/aromatic N) is 3. The first-order valence-electron chi connectivity index (χ1n) is 10.2. The lowest BCUT2D eigenvalue weighted by molar-refractivity contribution is -0.190. The maximum Gasteiger partial charge on any atom is 0.211 e. The molecule has 148 valence electrons. The fraction of sp³-hybridized carbons (Fsp3) is 0.571. The minimum absolute atomic E-state index is 0.107. The number of imidazole rings is 1. The van der Waals surface area contributed by atoms with Gasteiger partial charge < -0.3 is 9.67 Å². The van der Waals surface area contributed by atoms with E-state index in [2.05, 4.69) is 33.8 Å². The topological polar surface area (TPSA) is 75.4 Å². The van der Waals surface area contributed by atoms with Crippen LogP contribution in [0.1, 0.15) is 30.9 Å². The summed E-state index contributed by atoms with van der Waals surface area (Å²) < 4.78 is 28.0. The maximum atomic E-state index is 12.1. The first kappa shape index (κ1) is 17.2. The van der Waals surface area contributed by atoms with Gasteiger partial charge in [-0.3, -0.25) is 0 Å². The van der Waals surface area contributed by atoms with Crippen LogP contribution in [-0.4, -0.2) is 52.8 Å². The Bertz CT molecular complexity index is 1050. The van der Waals surface area contributed by atoms with E-state index in [-0.39, 0.29) is 29.2 Å². The molecular weight excluding hydrogens is 374 g/mol. The van der Waals surface area contributed by atoms with Crippen LogP contribution in [0, 0.1) is 23.2 Å². The van der Waals surface area contributed by atoms with Crippen molar-refractivity contribution in [2.24, 2.45) is 23.2 Å². The molecule has 3 fully saturated rings. The molecule has 28 heavy (non-hydrogen) atoms. The molecule has 2 aromatic rings. The van der Waals surface area contributed by atoms with Crippen molar-refractivity contribution in [1.82, 2.24) is 13.9 Å². The fourth-order valence-electron chi connectivity index (χ4n) is 6.92. The van der Waals surface area contributed by atoms with Crippen molar-refractivity contribution in [1.29, 1.82) is 0 Å². The second-order valence-corrected chi connectivity index (χ2v) is 11.2. The molecule has 2 unspecified atom stereocenters. The van der Waals surface area contributed by atoms with Gasteiger partial charge in [0, 0.05) is 30.0 Å². The summed E-state index contributed by atoms with van der Waals surface area (Å²) in [4.78, 5) is 4.35. The largest absolute Gasteiger partial charge is 0.392 e. The average Bonchev–Trinajstić information content (AvgIpc) is 3.29. The van der Waals surface area contributed by atoms with Crippen LogP contribution < -0.4 is 0 Å². The first-order chi connectivity index (χ1) is 13.4. The van der Waals surface area contributed by atoms with Crippen molar-refractivity contribution >= 4 is 10.0 Å². The lowest BCUT2D eigenvalue weighted by atomic mass is 9.48. The van der Waals surface area contributed by atoms with Crippen LogP contribution in [-0.2, 0) is 10.0 Å². The summed E-state index contributed by atoms with van der Waals surface area (Å²) in [5.74, 6) is 0.696. The van der Waals surface area contributed by atoms with E-state index in [9.17, 15) is 13.5 Å². The Labute approximate surface area is 165 Å². The second kappa shape index (κ2) is 5.46. The molecule has 2 saturated carbocycles. The quantitative estimate of drug-likeness (QED) is 0.839. The third-order valence-corrected chi connectivity index (χ3v) is 9.41. The number of aromatic nitrogens is 2. The molecule has 1 aromatic heterocycles. The van der Waals surface area contributed by atoms with Gasteiger partial charge >= 0.3 is 0 Å². The van der Waals surface area contributed by atoms with E-state index in [1.807, 2.05) is 12.5 Å². The van der Waals surface area contributed by atoms with Crippen molar-refractivity contribution < 1.29 is 13.5 Å². The van der Waals surface area contributed by atoms with E-state index in [0.29, 0.717) is 13.1 Å². The highest BCUT2D eigenvalue weighted by molar-refractivity contribution is 7.88. The summed E-state index contributed by atoms with van der Waals surface area (Å²) in [6.45, 7) is 1.13. The number of benzene rings is 1. The highest BCUT2D eigenvalue weighted by Gasteiger charge is 2.67. The van der Waals surface area contributed by atoms with Gasteiger partial charge in [0.1, 0.15) is 0 Å². The number of aliphatic hydroxyl groups is 1. The lowest BCUT2D eigenvalue weighted by Crippen LogP contribution is -2.65. The van der Waals surface area contributed by atoms with Gasteiger partial charge in [-0.05, 0) is 36.7 Å². The van der Waals surface area contributed by atoms with Crippen molar-refractivity contribution in [2.45, 2.75) is 31.4 Å². The molecule has 4 aliphatic rings. The number of hydrogen-bond donors (Lipinski definition) is 1. The van der Waals surface area contributed by atoms with Gasteiger partial charge in [0.2, 0.25) is 10.0 Å². The molecule has 1 saturated heterocycles. The molecule has 1 aromatic carbocycles. The number of fused-ring (bicyclic) bond motifs is 3. The number of rotatable bonds is 2. The predicted octanol–water partition coefficient (Wildman–Crippen LogP) is 2.12. The number of piperidine rings is 1. The standard InChI is InChI=1S/C21H25N3O3S/c1-28(26,27)23-10-13-6-7-14(11-23)21(13)8-17(20(21)25)19-16-5-3-2-4-15(16)18-9-22-12-24(18)19/h2-5,9,12-14,17,19-20,25H,6-8,10-11H2,1H3/t13?,14?,17-,19+,20-,21?/m1/s1. The minimum atomic E-state index is -3.17. The van der Waals surface area contributed by atoms with E-state index in [0.717, 1.165) is 25.0 Å². The Kier molecular flexibility index (Phi) is 3.35. The van der Waals surface area contributed by atoms with Crippen molar-refractivity contribution in [3.63, 3.8) is 0 Å².